The van der Waals surface area contributed by atoms with Crippen molar-refractivity contribution in [1.29, 1.82) is 0 Å². The van der Waals surface area contributed by atoms with Crippen LogP contribution >= 0.6 is 0 Å². The van der Waals surface area contributed by atoms with E-state index in [1.165, 1.54) is 6.07 Å². The molecule has 0 atom stereocenters. The molecule has 0 amide bonds. The Labute approximate surface area is 114 Å². The average molecular weight is 288 g/mol. The number of sulfonamides is 1. The minimum Gasteiger partial charge on any atom is -0.311 e. The molecule has 4 nitrogen and oxygen atoms in total. The lowest BCUT2D eigenvalue weighted by Gasteiger charge is -2.25. The summed E-state index contributed by atoms with van der Waals surface area (Å²) in [5.41, 5.74) is 1.00. The molecule has 1 aromatic rings. The standard InChI is InChI=1S/C13H21FN2O2S/c1-10-7-11(5-6-12(10)14)8-15-9-13(2,3)16-19(4,17)18/h5-7,15-16H,8-9H2,1-4H3. The highest BCUT2D eigenvalue weighted by atomic mass is 32.2. The molecule has 108 valence electrons. The van der Waals surface area contributed by atoms with Gasteiger partial charge in [0.05, 0.1) is 6.26 Å². The molecule has 1 rings (SSSR count). The number of nitrogens with one attached hydrogen (secondary N) is 2. The van der Waals surface area contributed by atoms with Crippen LogP contribution in [0.4, 0.5) is 4.39 Å². The molecule has 19 heavy (non-hydrogen) atoms. The maximum absolute atomic E-state index is 13.1. The summed E-state index contributed by atoms with van der Waals surface area (Å²) >= 11 is 0. The van der Waals surface area contributed by atoms with Gasteiger partial charge in [-0.15, -0.1) is 0 Å². The summed E-state index contributed by atoms with van der Waals surface area (Å²) in [7, 11) is -3.23. The fourth-order valence-corrected chi connectivity index (χ4v) is 2.95. The largest absolute Gasteiger partial charge is 0.311 e. The third-order valence-electron chi connectivity index (χ3n) is 2.58. The highest BCUT2D eigenvalue weighted by molar-refractivity contribution is 7.88. The van der Waals surface area contributed by atoms with Crippen molar-refractivity contribution < 1.29 is 12.8 Å². The van der Waals surface area contributed by atoms with Gasteiger partial charge in [-0.25, -0.2) is 17.5 Å². The van der Waals surface area contributed by atoms with Gasteiger partial charge < -0.3 is 5.32 Å². The molecular weight excluding hydrogens is 267 g/mol. The molecule has 6 heteroatoms. The molecule has 0 saturated heterocycles. The monoisotopic (exact) mass is 288 g/mol. The lowest BCUT2D eigenvalue weighted by atomic mass is 10.1. The molecule has 0 fully saturated rings. The van der Waals surface area contributed by atoms with E-state index in [1.54, 1.807) is 32.9 Å². The van der Waals surface area contributed by atoms with Gasteiger partial charge in [0.25, 0.3) is 0 Å². The second-order valence-electron chi connectivity index (χ2n) is 5.45. The Hall–Kier alpha value is -0.980. The summed E-state index contributed by atoms with van der Waals surface area (Å²) in [6, 6.07) is 4.93. The van der Waals surface area contributed by atoms with Crippen molar-refractivity contribution >= 4 is 10.0 Å². The van der Waals surface area contributed by atoms with Crippen molar-refractivity contribution in [2.24, 2.45) is 0 Å². The highest BCUT2D eigenvalue weighted by Gasteiger charge is 2.21. The molecule has 0 radical (unpaired) electrons. The van der Waals surface area contributed by atoms with Gasteiger partial charge in [-0.1, -0.05) is 12.1 Å². The van der Waals surface area contributed by atoms with E-state index in [-0.39, 0.29) is 5.82 Å². The maximum Gasteiger partial charge on any atom is 0.209 e. The van der Waals surface area contributed by atoms with Crippen LogP contribution in [0.2, 0.25) is 0 Å². The van der Waals surface area contributed by atoms with Crippen LogP contribution in [-0.2, 0) is 16.6 Å². The van der Waals surface area contributed by atoms with Crippen molar-refractivity contribution in [3.8, 4) is 0 Å². The summed E-state index contributed by atoms with van der Waals surface area (Å²) in [4.78, 5) is 0. The van der Waals surface area contributed by atoms with Crippen molar-refractivity contribution in [3.05, 3.63) is 35.1 Å². The predicted molar refractivity (Wildman–Crippen MR) is 74.9 cm³/mol. The first-order chi connectivity index (χ1) is 8.59. The van der Waals surface area contributed by atoms with Gasteiger partial charge in [0.1, 0.15) is 5.82 Å². The first-order valence-corrected chi connectivity index (χ1v) is 7.93. The predicted octanol–water partition coefficient (Wildman–Crippen LogP) is 1.55. The summed E-state index contributed by atoms with van der Waals surface area (Å²) in [6.07, 6.45) is 1.14. The first-order valence-electron chi connectivity index (χ1n) is 6.04. The minimum atomic E-state index is -3.23. The number of rotatable bonds is 6. The van der Waals surface area contributed by atoms with E-state index in [0.717, 1.165) is 11.8 Å². The van der Waals surface area contributed by atoms with Crippen LogP contribution in [0.15, 0.2) is 18.2 Å². The Morgan fingerprint density at radius 2 is 1.95 bits per heavy atom. The van der Waals surface area contributed by atoms with Crippen molar-refractivity contribution in [1.82, 2.24) is 10.0 Å². The highest BCUT2D eigenvalue weighted by Crippen LogP contribution is 2.09. The second kappa shape index (κ2) is 5.98. The van der Waals surface area contributed by atoms with E-state index < -0.39 is 15.6 Å². The van der Waals surface area contributed by atoms with Crippen LogP contribution in [0.1, 0.15) is 25.0 Å². The van der Waals surface area contributed by atoms with Gasteiger partial charge in [-0.3, -0.25) is 0 Å². The Morgan fingerprint density at radius 1 is 1.32 bits per heavy atom. The Balaban J connectivity index is 2.51. The maximum atomic E-state index is 13.1. The van der Waals surface area contributed by atoms with E-state index >= 15 is 0 Å². The van der Waals surface area contributed by atoms with Crippen LogP contribution in [0.3, 0.4) is 0 Å². The molecule has 0 heterocycles. The van der Waals surface area contributed by atoms with E-state index in [4.69, 9.17) is 0 Å². The summed E-state index contributed by atoms with van der Waals surface area (Å²) in [6.45, 7) is 6.37. The molecule has 0 aliphatic rings. The summed E-state index contributed by atoms with van der Waals surface area (Å²) in [5.74, 6) is -0.220. The Kier molecular flexibility index (Phi) is 5.06. The molecule has 0 bridgehead atoms. The van der Waals surface area contributed by atoms with Gasteiger partial charge >= 0.3 is 0 Å². The topological polar surface area (TPSA) is 58.2 Å². The van der Waals surface area contributed by atoms with Gasteiger partial charge in [0.15, 0.2) is 0 Å². The normalized spacial score (nSPS) is 12.7. The van der Waals surface area contributed by atoms with Gasteiger partial charge in [-0.05, 0) is 38.0 Å². The van der Waals surface area contributed by atoms with Crippen molar-refractivity contribution in [2.75, 3.05) is 12.8 Å². The van der Waals surface area contributed by atoms with E-state index in [9.17, 15) is 12.8 Å². The molecule has 1 aromatic carbocycles. The van der Waals surface area contributed by atoms with E-state index in [0.29, 0.717) is 18.7 Å². The van der Waals surface area contributed by atoms with Gasteiger partial charge in [0.2, 0.25) is 10.0 Å². The fourth-order valence-electron chi connectivity index (χ4n) is 1.87. The molecule has 0 aliphatic carbocycles. The van der Waals surface area contributed by atoms with Gasteiger partial charge in [-0.2, -0.15) is 0 Å². The molecule has 0 saturated carbocycles. The van der Waals surface area contributed by atoms with Crippen LogP contribution in [0.25, 0.3) is 0 Å². The van der Waals surface area contributed by atoms with Crippen LogP contribution in [0.5, 0.6) is 0 Å². The Morgan fingerprint density at radius 3 is 2.47 bits per heavy atom. The molecule has 2 N–H and O–H groups in total. The zero-order valence-corrected chi connectivity index (χ0v) is 12.6. The number of benzene rings is 1. The SMILES string of the molecule is Cc1cc(CNCC(C)(C)NS(C)(=O)=O)ccc1F. The molecule has 0 aromatic heterocycles. The number of halogens is 1. The zero-order chi connectivity index (χ0) is 14.7. The zero-order valence-electron chi connectivity index (χ0n) is 11.7. The third-order valence-corrected chi connectivity index (χ3v) is 3.50. The van der Waals surface area contributed by atoms with E-state index in [2.05, 4.69) is 10.0 Å². The summed E-state index contributed by atoms with van der Waals surface area (Å²) in [5, 5.41) is 3.16. The molecule has 0 aliphatic heterocycles. The summed E-state index contributed by atoms with van der Waals surface area (Å²) < 4.78 is 38.0. The molecule has 0 unspecified atom stereocenters. The molecule has 0 spiro atoms. The second-order valence-corrected chi connectivity index (χ2v) is 7.19. The number of aryl methyl sites for hydroxylation is 1. The number of hydrogen-bond acceptors (Lipinski definition) is 3. The lowest BCUT2D eigenvalue weighted by molar-refractivity contribution is 0.421. The minimum absolute atomic E-state index is 0.220. The fraction of sp³-hybridized carbons (Fsp3) is 0.538. The van der Waals surface area contributed by atoms with E-state index in [1.807, 2.05) is 0 Å². The first kappa shape index (κ1) is 16.1. The third kappa shape index (κ3) is 6.13. The van der Waals surface area contributed by atoms with Crippen LogP contribution in [0, 0.1) is 12.7 Å². The van der Waals surface area contributed by atoms with Crippen LogP contribution < -0.4 is 10.0 Å². The average Bonchev–Trinajstić information content (AvgIpc) is 2.19. The van der Waals surface area contributed by atoms with Crippen molar-refractivity contribution in [3.63, 3.8) is 0 Å². The Bertz CT molecular complexity index is 542. The van der Waals surface area contributed by atoms with Crippen LogP contribution in [-0.4, -0.2) is 26.8 Å². The molecular formula is C13H21FN2O2S. The lowest BCUT2D eigenvalue weighted by Crippen LogP contribution is -2.49. The quantitative estimate of drug-likeness (QED) is 0.835. The van der Waals surface area contributed by atoms with Gasteiger partial charge in [0, 0.05) is 18.6 Å². The number of hydrogen-bond donors (Lipinski definition) is 2. The van der Waals surface area contributed by atoms with Crippen molar-refractivity contribution in [2.45, 2.75) is 32.9 Å². The smallest absolute Gasteiger partial charge is 0.209 e.